The summed E-state index contributed by atoms with van der Waals surface area (Å²) in [5.41, 5.74) is 6.95. The number of nitrogens with zero attached hydrogens (tertiary/aromatic N) is 4. The summed E-state index contributed by atoms with van der Waals surface area (Å²) in [6, 6.07) is 1.90. The molecule has 0 unspecified atom stereocenters. The molecule has 2 rings (SSSR count). The summed E-state index contributed by atoms with van der Waals surface area (Å²) < 4.78 is 3.61. The van der Waals surface area contributed by atoms with Crippen LogP contribution in [0.5, 0.6) is 0 Å². The smallest absolute Gasteiger partial charge is 0.267 e. The summed E-state index contributed by atoms with van der Waals surface area (Å²) in [5, 5.41) is 10.5. The molecule has 1 amide bonds. The second-order valence-electron chi connectivity index (χ2n) is 4.94. The molecule has 2 aromatic rings. The van der Waals surface area contributed by atoms with Gasteiger partial charge >= 0.3 is 0 Å². The predicted molar refractivity (Wildman–Crippen MR) is 76.2 cm³/mol. The van der Waals surface area contributed by atoms with Crippen LogP contribution in [0.25, 0.3) is 0 Å². The summed E-state index contributed by atoms with van der Waals surface area (Å²) in [5.74, 6) is -0.103. The maximum atomic E-state index is 12.1. The van der Waals surface area contributed by atoms with Crippen molar-refractivity contribution in [2.45, 2.75) is 32.9 Å². The number of nitrogens with one attached hydrogen (secondary N) is 1. The number of amides is 1. The molecule has 0 aromatic carbocycles. The van der Waals surface area contributed by atoms with Crippen LogP contribution in [0.3, 0.4) is 0 Å². The van der Waals surface area contributed by atoms with Gasteiger partial charge in [0.25, 0.3) is 5.91 Å². The fourth-order valence-corrected chi connectivity index (χ4v) is 2.00. The van der Waals surface area contributed by atoms with E-state index in [9.17, 15) is 4.79 Å². The Balaban J connectivity index is 1.85. The summed E-state index contributed by atoms with van der Waals surface area (Å²) in [6.07, 6.45) is 6.02. The first-order chi connectivity index (χ1) is 9.58. The molecule has 20 heavy (non-hydrogen) atoms. The monoisotopic (exact) mass is 276 g/mol. The van der Waals surface area contributed by atoms with Gasteiger partial charge in [0.05, 0.1) is 11.9 Å². The van der Waals surface area contributed by atoms with Gasteiger partial charge in [-0.3, -0.25) is 9.48 Å². The van der Waals surface area contributed by atoms with Crippen molar-refractivity contribution in [3.63, 3.8) is 0 Å². The van der Waals surface area contributed by atoms with Crippen molar-refractivity contribution in [3.8, 4) is 0 Å². The molecule has 0 aliphatic carbocycles. The lowest BCUT2D eigenvalue weighted by atomic mass is 10.3. The van der Waals surface area contributed by atoms with Gasteiger partial charge in [-0.2, -0.15) is 0 Å². The minimum absolute atomic E-state index is 0.103. The average Bonchev–Trinajstić information content (AvgIpc) is 3.03. The summed E-state index contributed by atoms with van der Waals surface area (Å²) >= 11 is 0. The fourth-order valence-electron chi connectivity index (χ4n) is 2.00. The molecule has 0 atom stereocenters. The Morgan fingerprint density at radius 1 is 1.50 bits per heavy atom. The van der Waals surface area contributed by atoms with Gasteiger partial charge in [-0.15, -0.1) is 5.10 Å². The maximum absolute atomic E-state index is 12.1. The van der Waals surface area contributed by atoms with E-state index in [-0.39, 0.29) is 11.9 Å². The van der Waals surface area contributed by atoms with Crippen molar-refractivity contribution in [1.29, 1.82) is 0 Å². The SMILES string of the molecule is CC(C)n1cc(N)cc1C(=O)NCCCn1ccnn1. The number of nitrogens with two attached hydrogens (primary N) is 1. The van der Waals surface area contributed by atoms with E-state index in [0.717, 1.165) is 13.0 Å². The molecular weight excluding hydrogens is 256 g/mol. The minimum atomic E-state index is -0.103. The lowest BCUT2D eigenvalue weighted by Crippen LogP contribution is -2.27. The zero-order valence-corrected chi connectivity index (χ0v) is 11.8. The normalized spacial score (nSPS) is 10.9. The van der Waals surface area contributed by atoms with Gasteiger partial charge in [-0.1, -0.05) is 5.21 Å². The lowest BCUT2D eigenvalue weighted by molar-refractivity contribution is 0.0942. The van der Waals surface area contributed by atoms with Gasteiger partial charge < -0.3 is 15.6 Å². The molecular formula is C13H20N6O. The Bertz CT molecular complexity index is 557. The average molecular weight is 276 g/mol. The largest absolute Gasteiger partial charge is 0.397 e. The third-order valence-corrected chi connectivity index (χ3v) is 2.98. The van der Waals surface area contributed by atoms with E-state index in [0.29, 0.717) is 17.9 Å². The van der Waals surface area contributed by atoms with E-state index < -0.39 is 0 Å². The Hall–Kier alpha value is -2.31. The summed E-state index contributed by atoms with van der Waals surface area (Å²) in [7, 11) is 0. The first kappa shape index (κ1) is 14.1. The van der Waals surface area contributed by atoms with Crippen LogP contribution >= 0.6 is 0 Å². The topological polar surface area (TPSA) is 90.8 Å². The molecule has 0 aliphatic heterocycles. The van der Waals surface area contributed by atoms with E-state index in [2.05, 4.69) is 15.6 Å². The first-order valence-electron chi connectivity index (χ1n) is 6.67. The molecule has 7 nitrogen and oxygen atoms in total. The molecule has 2 heterocycles. The van der Waals surface area contributed by atoms with Crippen LogP contribution in [0.4, 0.5) is 5.69 Å². The Labute approximate surface area is 117 Å². The van der Waals surface area contributed by atoms with E-state index in [1.165, 1.54) is 0 Å². The molecule has 0 fully saturated rings. The number of rotatable bonds is 6. The molecule has 108 valence electrons. The predicted octanol–water partition coefficient (Wildman–Crippen LogP) is 1.06. The van der Waals surface area contributed by atoms with E-state index in [1.807, 2.05) is 18.4 Å². The van der Waals surface area contributed by atoms with E-state index >= 15 is 0 Å². The number of carbonyl (C=O) groups excluding carboxylic acids is 1. The molecule has 2 aromatic heterocycles. The summed E-state index contributed by atoms with van der Waals surface area (Å²) in [4.78, 5) is 12.1. The Morgan fingerprint density at radius 2 is 2.30 bits per heavy atom. The molecule has 0 spiro atoms. The highest BCUT2D eigenvalue weighted by Gasteiger charge is 2.14. The highest BCUT2D eigenvalue weighted by Crippen LogP contribution is 2.16. The van der Waals surface area contributed by atoms with Crippen LogP contribution in [0.2, 0.25) is 0 Å². The highest BCUT2D eigenvalue weighted by molar-refractivity contribution is 5.93. The van der Waals surface area contributed by atoms with E-state index in [4.69, 9.17) is 5.73 Å². The van der Waals surface area contributed by atoms with Crippen LogP contribution in [0.1, 0.15) is 36.8 Å². The summed E-state index contributed by atoms with van der Waals surface area (Å²) in [6.45, 7) is 5.34. The molecule has 0 aliphatic rings. The minimum Gasteiger partial charge on any atom is -0.397 e. The highest BCUT2D eigenvalue weighted by atomic mass is 16.1. The maximum Gasteiger partial charge on any atom is 0.267 e. The molecule has 0 bridgehead atoms. The van der Waals surface area contributed by atoms with Gasteiger partial charge in [0.15, 0.2) is 0 Å². The third kappa shape index (κ3) is 3.37. The van der Waals surface area contributed by atoms with Crippen LogP contribution in [0, 0.1) is 0 Å². The molecule has 3 N–H and O–H groups in total. The fraction of sp³-hybridized carbons (Fsp3) is 0.462. The number of hydrogen-bond acceptors (Lipinski definition) is 4. The second-order valence-corrected chi connectivity index (χ2v) is 4.94. The number of aryl methyl sites for hydroxylation is 1. The van der Waals surface area contributed by atoms with Crippen LogP contribution in [-0.2, 0) is 6.54 Å². The van der Waals surface area contributed by atoms with Crippen LogP contribution < -0.4 is 11.1 Å². The number of hydrogen-bond donors (Lipinski definition) is 2. The Kier molecular flexibility index (Phi) is 4.39. The van der Waals surface area contributed by atoms with Gasteiger partial charge in [-0.05, 0) is 26.3 Å². The van der Waals surface area contributed by atoms with Gasteiger partial charge in [0.1, 0.15) is 5.69 Å². The van der Waals surface area contributed by atoms with Gasteiger partial charge in [0.2, 0.25) is 0 Å². The lowest BCUT2D eigenvalue weighted by Gasteiger charge is -2.12. The van der Waals surface area contributed by atoms with Gasteiger partial charge in [-0.25, -0.2) is 0 Å². The van der Waals surface area contributed by atoms with Crippen molar-refractivity contribution in [2.75, 3.05) is 12.3 Å². The molecule has 7 heteroatoms. The number of carbonyl (C=O) groups is 1. The number of nitrogen functional groups attached to an aromatic ring is 1. The standard InChI is InChI=1S/C13H20N6O/c1-10(2)19-9-11(14)8-12(19)13(20)15-4-3-6-18-7-5-16-17-18/h5,7-10H,3-4,6,14H2,1-2H3,(H,15,20). The molecule has 0 saturated carbocycles. The van der Waals surface area contributed by atoms with Crippen molar-refractivity contribution in [3.05, 3.63) is 30.4 Å². The van der Waals surface area contributed by atoms with Crippen molar-refractivity contribution < 1.29 is 4.79 Å². The van der Waals surface area contributed by atoms with Crippen molar-refractivity contribution in [2.24, 2.45) is 0 Å². The van der Waals surface area contributed by atoms with Crippen molar-refractivity contribution in [1.82, 2.24) is 24.9 Å². The zero-order chi connectivity index (χ0) is 14.5. The molecule has 0 radical (unpaired) electrons. The quantitative estimate of drug-likeness (QED) is 0.772. The zero-order valence-electron chi connectivity index (χ0n) is 11.8. The number of aromatic nitrogens is 4. The van der Waals surface area contributed by atoms with Crippen molar-refractivity contribution >= 4 is 11.6 Å². The number of anilines is 1. The third-order valence-electron chi connectivity index (χ3n) is 2.98. The second kappa shape index (κ2) is 6.23. The first-order valence-corrected chi connectivity index (χ1v) is 6.67. The van der Waals surface area contributed by atoms with E-state index in [1.54, 1.807) is 29.3 Å². The Morgan fingerprint density at radius 3 is 2.95 bits per heavy atom. The van der Waals surface area contributed by atoms with Crippen LogP contribution in [0.15, 0.2) is 24.7 Å². The van der Waals surface area contributed by atoms with Crippen LogP contribution in [-0.4, -0.2) is 32.0 Å². The van der Waals surface area contributed by atoms with Gasteiger partial charge in [0, 0.05) is 31.5 Å². The molecule has 0 saturated heterocycles.